The van der Waals surface area contributed by atoms with Crippen LogP contribution < -0.4 is 5.46 Å². The molecule has 19 heavy (non-hydrogen) atoms. The van der Waals surface area contributed by atoms with Crippen LogP contribution in [0.2, 0.25) is 0 Å². The summed E-state index contributed by atoms with van der Waals surface area (Å²) >= 11 is 0. The van der Waals surface area contributed by atoms with Crippen LogP contribution in [0.1, 0.15) is 33.3 Å². The van der Waals surface area contributed by atoms with Gasteiger partial charge in [0.1, 0.15) is 5.82 Å². The maximum absolute atomic E-state index is 14.0. The third-order valence-corrected chi connectivity index (χ3v) is 3.88. The van der Waals surface area contributed by atoms with Crippen LogP contribution in [0.25, 0.3) is 0 Å². The highest BCUT2D eigenvalue weighted by Gasteiger charge is 2.52. The average Bonchev–Trinajstić information content (AvgIpc) is 2.51. The monoisotopic (exact) mass is 266 g/mol. The van der Waals surface area contributed by atoms with Gasteiger partial charge in [-0.25, -0.2) is 4.39 Å². The first-order valence-electron chi connectivity index (χ1n) is 6.40. The van der Waals surface area contributed by atoms with Gasteiger partial charge in [-0.05, 0) is 39.3 Å². The van der Waals surface area contributed by atoms with E-state index in [-0.39, 0.29) is 5.82 Å². The van der Waals surface area contributed by atoms with Crippen LogP contribution in [0.4, 0.5) is 4.39 Å². The molecule has 0 aromatic heterocycles. The van der Waals surface area contributed by atoms with Crippen LogP contribution in [0.3, 0.4) is 0 Å². The third kappa shape index (κ3) is 2.68. The summed E-state index contributed by atoms with van der Waals surface area (Å²) in [6.07, 6.45) is 0. The van der Waals surface area contributed by atoms with Crippen LogP contribution in [-0.2, 0) is 20.7 Å². The molecule has 0 N–H and O–H groups in total. The quantitative estimate of drug-likeness (QED) is 0.785. The Morgan fingerprint density at radius 3 is 2.26 bits per heavy atom. The van der Waals surface area contributed by atoms with Crippen LogP contribution >= 0.6 is 0 Å². The summed E-state index contributed by atoms with van der Waals surface area (Å²) in [6.45, 7) is 8.23. The van der Waals surface area contributed by atoms with E-state index in [1.165, 1.54) is 6.07 Å². The molecule has 3 nitrogen and oxygen atoms in total. The van der Waals surface area contributed by atoms with Crippen molar-refractivity contribution in [2.24, 2.45) is 0 Å². The van der Waals surface area contributed by atoms with E-state index in [1.54, 1.807) is 19.2 Å². The third-order valence-electron chi connectivity index (χ3n) is 3.88. The standard InChI is InChI=1S/C14H20BFO3/c1-13(2)14(3,4)19-15(18-13)11-8-10(9-17-5)6-7-12(11)16/h6-8H,9H2,1-5H3. The van der Waals surface area contributed by atoms with Gasteiger partial charge >= 0.3 is 7.12 Å². The summed E-state index contributed by atoms with van der Waals surface area (Å²) in [4.78, 5) is 0. The van der Waals surface area contributed by atoms with Crippen LogP contribution in [0.15, 0.2) is 18.2 Å². The molecule has 0 amide bonds. The molecule has 1 aromatic rings. The Morgan fingerprint density at radius 2 is 1.74 bits per heavy atom. The lowest BCUT2D eigenvalue weighted by molar-refractivity contribution is 0.00578. The number of ether oxygens (including phenoxy) is 1. The second kappa shape index (κ2) is 4.89. The fraction of sp³-hybridized carbons (Fsp3) is 0.571. The number of hydrogen-bond donors (Lipinski definition) is 0. The minimum atomic E-state index is -0.679. The zero-order valence-corrected chi connectivity index (χ0v) is 12.1. The van der Waals surface area contributed by atoms with Crippen molar-refractivity contribution in [3.8, 4) is 0 Å². The topological polar surface area (TPSA) is 27.7 Å². The Kier molecular flexibility index (Phi) is 3.73. The highest BCUT2D eigenvalue weighted by molar-refractivity contribution is 6.62. The normalized spacial score (nSPS) is 20.8. The molecule has 0 atom stereocenters. The van der Waals surface area contributed by atoms with E-state index < -0.39 is 18.3 Å². The van der Waals surface area contributed by atoms with E-state index in [2.05, 4.69) is 0 Å². The predicted octanol–water partition coefficient (Wildman–Crippen LogP) is 2.27. The van der Waals surface area contributed by atoms with E-state index in [1.807, 2.05) is 27.7 Å². The second-order valence-corrected chi connectivity index (χ2v) is 5.88. The summed E-state index contributed by atoms with van der Waals surface area (Å²) in [5.74, 6) is -0.321. The molecule has 5 heteroatoms. The molecular formula is C14H20BFO3. The second-order valence-electron chi connectivity index (χ2n) is 5.88. The van der Waals surface area contributed by atoms with E-state index in [0.29, 0.717) is 12.1 Å². The molecule has 0 saturated carbocycles. The Labute approximate surface area is 114 Å². The van der Waals surface area contributed by atoms with Crippen LogP contribution in [-0.4, -0.2) is 25.4 Å². The number of hydrogen-bond acceptors (Lipinski definition) is 3. The highest BCUT2D eigenvalue weighted by Crippen LogP contribution is 2.36. The molecule has 0 bridgehead atoms. The van der Waals surface area contributed by atoms with Crippen molar-refractivity contribution in [3.05, 3.63) is 29.6 Å². The van der Waals surface area contributed by atoms with Crippen molar-refractivity contribution in [1.29, 1.82) is 0 Å². The number of methoxy groups -OCH3 is 1. The first kappa shape index (κ1) is 14.5. The smallest absolute Gasteiger partial charge is 0.399 e. The van der Waals surface area contributed by atoms with E-state index in [0.717, 1.165) is 5.56 Å². The van der Waals surface area contributed by atoms with E-state index >= 15 is 0 Å². The van der Waals surface area contributed by atoms with Gasteiger partial charge in [0.25, 0.3) is 0 Å². The lowest BCUT2D eigenvalue weighted by Gasteiger charge is -2.32. The molecule has 0 radical (unpaired) electrons. The summed E-state index contributed by atoms with van der Waals surface area (Å²) in [7, 11) is 0.930. The molecule has 1 saturated heterocycles. The molecule has 1 aliphatic heterocycles. The van der Waals surface area contributed by atoms with Gasteiger partial charge in [-0.2, -0.15) is 0 Å². The lowest BCUT2D eigenvalue weighted by Crippen LogP contribution is -2.41. The summed E-state index contributed by atoms with van der Waals surface area (Å²) in [5.41, 5.74) is 0.379. The minimum Gasteiger partial charge on any atom is -0.399 e. The first-order valence-corrected chi connectivity index (χ1v) is 6.40. The highest BCUT2D eigenvalue weighted by atomic mass is 19.1. The minimum absolute atomic E-state index is 0.321. The van der Waals surface area contributed by atoms with Crippen molar-refractivity contribution in [2.75, 3.05) is 7.11 Å². The summed E-state index contributed by atoms with van der Waals surface area (Å²) in [6, 6.07) is 4.86. The molecule has 1 aliphatic rings. The van der Waals surface area contributed by atoms with Crippen molar-refractivity contribution in [3.63, 3.8) is 0 Å². The number of benzene rings is 1. The largest absolute Gasteiger partial charge is 0.497 e. The van der Waals surface area contributed by atoms with Gasteiger partial charge in [0.15, 0.2) is 0 Å². The van der Waals surface area contributed by atoms with Gasteiger partial charge in [-0.3, -0.25) is 0 Å². The van der Waals surface area contributed by atoms with Crippen LogP contribution in [0, 0.1) is 5.82 Å². The lowest BCUT2D eigenvalue weighted by atomic mass is 9.78. The van der Waals surface area contributed by atoms with Gasteiger partial charge in [-0.1, -0.05) is 12.1 Å². The number of rotatable bonds is 3. The molecule has 0 aliphatic carbocycles. The van der Waals surface area contributed by atoms with Crippen molar-refractivity contribution < 1.29 is 18.4 Å². The Morgan fingerprint density at radius 1 is 1.16 bits per heavy atom. The molecule has 1 heterocycles. The summed E-state index contributed by atoms with van der Waals surface area (Å²) < 4.78 is 30.7. The zero-order chi connectivity index (χ0) is 14.3. The molecule has 104 valence electrons. The number of halogens is 1. The van der Waals surface area contributed by atoms with Crippen molar-refractivity contribution >= 4 is 12.6 Å². The molecular weight excluding hydrogens is 246 g/mol. The van der Waals surface area contributed by atoms with Crippen LogP contribution in [0.5, 0.6) is 0 Å². The average molecular weight is 266 g/mol. The van der Waals surface area contributed by atoms with Crippen molar-refractivity contribution in [1.82, 2.24) is 0 Å². The van der Waals surface area contributed by atoms with Crippen molar-refractivity contribution in [2.45, 2.75) is 45.5 Å². The van der Waals surface area contributed by atoms with E-state index in [4.69, 9.17) is 14.0 Å². The first-order chi connectivity index (χ1) is 8.77. The Bertz CT molecular complexity index is 458. The van der Waals surface area contributed by atoms with Gasteiger partial charge in [0, 0.05) is 12.6 Å². The zero-order valence-electron chi connectivity index (χ0n) is 12.1. The predicted molar refractivity (Wildman–Crippen MR) is 72.8 cm³/mol. The van der Waals surface area contributed by atoms with Gasteiger partial charge in [-0.15, -0.1) is 0 Å². The SMILES string of the molecule is COCc1ccc(F)c(B2OC(C)(C)C(C)(C)O2)c1. The Hall–Kier alpha value is -0.905. The summed E-state index contributed by atoms with van der Waals surface area (Å²) in [5, 5.41) is 0. The van der Waals surface area contributed by atoms with E-state index in [9.17, 15) is 4.39 Å². The molecule has 0 spiro atoms. The molecule has 1 aromatic carbocycles. The molecule has 2 rings (SSSR count). The van der Waals surface area contributed by atoms with Gasteiger partial charge in [0.2, 0.25) is 0 Å². The molecule has 1 fully saturated rings. The maximum atomic E-state index is 14.0. The van der Waals surface area contributed by atoms with Gasteiger partial charge < -0.3 is 14.0 Å². The fourth-order valence-electron chi connectivity index (χ4n) is 2.00. The van der Waals surface area contributed by atoms with Gasteiger partial charge in [0.05, 0.1) is 17.8 Å². The Balaban J connectivity index is 2.31. The maximum Gasteiger partial charge on any atom is 0.497 e. The molecule has 0 unspecified atom stereocenters. The fourth-order valence-corrected chi connectivity index (χ4v) is 2.00.